The lowest BCUT2D eigenvalue weighted by atomic mass is 9.96. The van der Waals surface area contributed by atoms with E-state index in [9.17, 15) is 15.4 Å². The Morgan fingerprint density at radius 2 is 2.24 bits per heavy atom. The van der Waals surface area contributed by atoms with Crippen molar-refractivity contribution >= 4 is 5.69 Å². The molecule has 2 atom stereocenters. The van der Waals surface area contributed by atoms with Gasteiger partial charge in [-0.3, -0.25) is 15.4 Å². The summed E-state index contributed by atoms with van der Waals surface area (Å²) in [6.07, 6.45) is 0.244. The molecule has 21 heavy (non-hydrogen) atoms. The highest BCUT2D eigenvalue weighted by Crippen LogP contribution is 2.28. The number of nitrogens with zero attached hydrogens (tertiary/aromatic N) is 2. The molecule has 1 N–H and O–H groups in total. The van der Waals surface area contributed by atoms with Crippen LogP contribution in [0.25, 0.3) is 0 Å². The zero-order valence-corrected chi connectivity index (χ0v) is 12.8. The van der Waals surface area contributed by atoms with Crippen molar-refractivity contribution in [2.45, 2.75) is 45.8 Å². The third-order valence-electron chi connectivity index (χ3n) is 3.29. The van der Waals surface area contributed by atoms with Crippen molar-refractivity contribution in [1.29, 1.82) is 5.26 Å². The maximum atomic E-state index is 10.9. The highest BCUT2D eigenvalue weighted by Gasteiger charge is 2.26. The van der Waals surface area contributed by atoms with Gasteiger partial charge in [-0.25, -0.2) is 0 Å². The minimum absolute atomic E-state index is 0.0365. The van der Waals surface area contributed by atoms with Crippen LogP contribution in [-0.2, 0) is 0 Å². The van der Waals surface area contributed by atoms with E-state index in [4.69, 9.17) is 4.74 Å². The number of nitrogens with one attached hydrogen (secondary N) is 1. The summed E-state index contributed by atoms with van der Waals surface area (Å²) in [4.78, 5) is 10.5. The second kappa shape index (κ2) is 7.04. The van der Waals surface area contributed by atoms with Crippen molar-refractivity contribution in [3.63, 3.8) is 0 Å². The summed E-state index contributed by atoms with van der Waals surface area (Å²) in [5, 5.41) is 23.3. The Labute approximate surface area is 124 Å². The molecular weight excluding hydrogens is 270 g/mol. The van der Waals surface area contributed by atoms with E-state index in [1.54, 1.807) is 19.1 Å². The molecule has 0 bridgehead atoms. The highest BCUT2D eigenvalue weighted by atomic mass is 16.6. The van der Waals surface area contributed by atoms with E-state index in [0.29, 0.717) is 24.3 Å². The van der Waals surface area contributed by atoms with Gasteiger partial charge in [0.2, 0.25) is 0 Å². The first-order valence-corrected chi connectivity index (χ1v) is 6.90. The average Bonchev–Trinajstić information content (AvgIpc) is 2.41. The summed E-state index contributed by atoms with van der Waals surface area (Å²) in [6.45, 7) is 7.95. The largest absolute Gasteiger partial charge is 0.490 e. The summed E-state index contributed by atoms with van der Waals surface area (Å²) in [5.74, 6) is 0.480. The van der Waals surface area contributed by atoms with Gasteiger partial charge in [-0.05, 0) is 33.4 Å². The SMILES string of the molecule is CCNC(C)(C#N)CC(C)Oc1cccc([N+](=O)[O-])c1C. The summed E-state index contributed by atoms with van der Waals surface area (Å²) in [6, 6.07) is 6.99. The van der Waals surface area contributed by atoms with Crippen LogP contribution in [0.1, 0.15) is 32.8 Å². The van der Waals surface area contributed by atoms with Crippen LogP contribution in [0.3, 0.4) is 0 Å². The molecule has 0 aliphatic rings. The molecule has 1 rings (SSSR count). The Bertz CT molecular complexity index is 554. The van der Waals surface area contributed by atoms with Crippen molar-refractivity contribution in [1.82, 2.24) is 5.32 Å². The van der Waals surface area contributed by atoms with E-state index in [-0.39, 0.29) is 11.8 Å². The van der Waals surface area contributed by atoms with Gasteiger partial charge >= 0.3 is 0 Å². The number of hydrogen-bond donors (Lipinski definition) is 1. The van der Waals surface area contributed by atoms with Gasteiger partial charge in [0.25, 0.3) is 5.69 Å². The molecule has 0 aliphatic heterocycles. The Balaban J connectivity index is 2.85. The number of ether oxygens (including phenoxy) is 1. The number of hydrogen-bond acceptors (Lipinski definition) is 5. The summed E-state index contributed by atoms with van der Waals surface area (Å²) in [7, 11) is 0. The molecule has 6 heteroatoms. The third kappa shape index (κ3) is 4.43. The fraction of sp³-hybridized carbons (Fsp3) is 0.533. The molecule has 0 radical (unpaired) electrons. The van der Waals surface area contributed by atoms with Crippen LogP contribution in [0.2, 0.25) is 0 Å². The lowest BCUT2D eigenvalue weighted by Gasteiger charge is -2.26. The topological polar surface area (TPSA) is 88.2 Å². The molecule has 0 amide bonds. The Hall–Kier alpha value is -2.13. The van der Waals surface area contributed by atoms with E-state index in [2.05, 4.69) is 11.4 Å². The van der Waals surface area contributed by atoms with Crippen LogP contribution in [0, 0.1) is 28.4 Å². The molecule has 114 valence electrons. The van der Waals surface area contributed by atoms with Gasteiger partial charge in [0.05, 0.1) is 22.7 Å². The van der Waals surface area contributed by atoms with Crippen molar-refractivity contribution in [2.24, 2.45) is 0 Å². The van der Waals surface area contributed by atoms with Crippen molar-refractivity contribution in [3.8, 4) is 11.8 Å². The van der Waals surface area contributed by atoms with Crippen LogP contribution in [0.4, 0.5) is 5.69 Å². The molecular formula is C15H21N3O3. The van der Waals surface area contributed by atoms with Crippen LogP contribution in [0.5, 0.6) is 5.75 Å². The standard InChI is InChI=1S/C15H21N3O3/c1-5-17-15(4,10-16)9-11(2)21-14-8-6-7-13(12(14)3)18(19)20/h6-8,11,17H,5,9H2,1-4H3. The predicted octanol–water partition coefficient (Wildman–Crippen LogP) is 2.95. The minimum atomic E-state index is -0.678. The molecule has 2 unspecified atom stereocenters. The predicted molar refractivity (Wildman–Crippen MR) is 80.2 cm³/mol. The Morgan fingerprint density at radius 3 is 2.76 bits per heavy atom. The van der Waals surface area contributed by atoms with Gasteiger partial charge in [0.1, 0.15) is 11.3 Å². The quantitative estimate of drug-likeness (QED) is 0.616. The van der Waals surface area contributed by atoms with Crippen molar-refractivity contribution < 1.29 is 9.66 Å². The van der Waals surface area contributed by atoms with Gasteiger partial charge < -0.3 is 4.74 Å². The van der Waals surface area contributed by atoms with Gasteiger partial charge in [-0.15, -0.1) is 0 Å². The molecule has 0 aromatic heterocycles. The fourth-order valence-electron chi connectivity index (χ4n) is 2.31. The first kappa shape index (κ1) is 16.9. The zero-order chi connectivity index (χ0) is 16.0. The molecule has 1 aromatic rings. The van der Waals surface area contributed by atoms with E-state index in [1.165, 1.54) is 6.07 Å². The van der Waals surface area contributed by atoms with Crippen LogP contribution in [-0.4, -0.2) is 23.1 Å². The second-order valence-electron chi connectivity index (χ2n) is 5.26. The smallest absolute Gasteiger partial charge is 0.276 e. The Kier molecular flexibility index (Phi) is 5.68. The third-order valence-corrected chi connectivity index (χ3v) is 3.29. The summed E-state index contributed by atoms with van der Waals surface area (Å²) in [5.41, 5.74) is -0.145. The van der Waals surface area contributed by atoms with Crippen LogP contribution >= 0.6 is 0 Å². The molecule has 6 nitrogen and oxygen atoms in total. The van der Waals surface area contributed by atoms with E-state index in [0.717, 1.165) is 0 Å². The first-order valence-electron chi connectivity index (χ1n) is 6.90. The van der Waals surface area contributed by atoms with E-state index < -0.39 is 10.5 Å². The highest BCUT2D eigenvalue weighted by molar-refractivity contribution is 5.48. The number of rotatable bonds is 7. The van der Waals surface area contributed by atoms with Gasteiger partial charge in [-0.1, -0.05) is 13.0 Å². The average molecular weight is 291 g/mol. The number of nitro benzene ring substituents is 1. The van der Waals surface area contributed by atoms with Crippen LogP contribution in [0.15, 0.2) is 18.2 Å². The van der Waals surface area contributed by atoms with Crippen molar-refractivity contribution in [3.05, 3.63) is 33.9 Å². The number of nitro groups is 1. The fourth-order valence-corrected chi connectivity index (χ4v) is 2.31. The first-order chi connectivity index (χ1) is 9.83. The molecule has 0 fully saturated rings. The van der Waals surface area contributed by atoms with Gasteiger partial charge in [0.15, 0.2) is 0 Å². The van der Waals surface area contributed by atoms with Gasteiger partial charge in [0, 0.05) is 12.5 Å². The maximum absolute atomic E-state index is 10.9. The molecule has 0 spiro atoms. The van der Waals surface area contributed by atoms with E-state index in [1.807, 2.05) is 20.8 Å². The Morgan fingerprint density at radius 1 is 1.57 bits per heavy atom. The monoisotopic (exact) mass is 291 g/mol. The molecule has 0 heterocycles. The molecule has 1 aromatic carbocycles. The lowest BCUT2D eigenvalue weighted by molar-refractivity contribution is -0.385. The molecule has 0 saturated heterocycles. The van der Waals surface area contributed by atoms with Crippen molar-refractivity contribution in [2.75, 3.05) is 6.54 Å². The second-order valence-corrected chi connectivity index (χ2v) is 5.26. The maximum Gasteiger partial charge on any atom is 0.276 e. The molecule has 0 saturated carbocycles. The summed E-state index contributed by atoms with van der Waals surface area (Å²) < 4.78 is 5.78. The molecule has 0 aliphatic carbocycles. The van der Waals surface area contributed by atoms with E-state index >= 15 is 0 Å². The van der Waals surface area contributed by atoms with Crippen LogP contribution < -0.4 is 10.1 Å². The normalized spacial score (nSPS) is 14.8. The lowest BCUT2D eigenvalue weighted by Crippen LogP contribution is -2.44. The number of benzene rings is 1. The zero-order valence-electron chi connectivity index (χ0n) is 12.8. The summed E-state index contributed by atoms with van der Waals surface area (Å²) >= 11 is 0. The van der Waals surface area contributed by atoms with Gasteiger partial charge in [-0.2, -0.15) is 5.26 Å². The number of nitriles is 1. The minimum Gasteiger partial charge on any atom is -0.490 e.